The Kier molecular flexibility index (Phi) is 7.39. The van der Waals surface area contributed by atoms with E-state index in [0.717, 1.165) is 0 Å². The first kappa shape index (κ1) is 16.4. The summed E-state index contributed by atoms with van der Waals surface area (Å²) in [6.45, 7) is 11.6. The Bertz CT molecular complexity index is 221. The van der Waals surface area contributed by atoms with Crippen LogP contribution in [0.3, 0.4) is 0 Å². The minimum absolute atomic E-state index is 0.0762. The molecule has 17 heavy (non-hydrogen) atoms. The third-order valence-corrected chi connectivity index (χ3v) is 2.44. The fourth-order valence-corrected chi connectivity index (χ4v) is 1.08. The van der Waals surface area contributed by atoms with Gasteiger partial charge < -0.3 is 15.2 Å². The maximum atomic E-state index is 11.4. The molecule has 4 heteroatoms. The van der Waals surface area contributed by atoms with Gasteiger partial charge in [-0.05, 0) is 11.3 Å². The first-order chi connectivity index (χ1) is 7.73. The minimum atomic E-state index is -0.249. The number of hydrogen-bond donors (Lipinski definition) is 1. The lowest BCUT2D eigenvalue weighted by atomic mass is 9.85. The van der Waals surface area contributed by atoms with Crippen LogP contribution in [0.15, 0.2) is 0 Å². The molecule has 4 nitrogen and oxygen atoms in total. The maximum absolute atomic E-state index is 11.4. The Labute approximate surface area is 105 Å². The number of rotatable bonds is 7. The van der Waals surface area contributed by atoms with Gasteiger partial charge >= 0.3 is 5.97 Å². The lowest BCUT2D eigenvalue weighted by Gasteiger charge is -2.26. The maximum Gasteiger partial charge on any atom is 0.307 e. The minimum Gasteiger partial charge on any atom is -0.463 e. The number of carbonyl (C=O) groups is 1. The summed E-state index contributed by atoms with van der Waals surface area (Å²) < 4.78 is 10.4. The molecule has 0 aromatic heterocycles. The molecule has 1 atom stereocenters. The van der Waals surface area contributed by atoms with Crippen LogP contribution < -0.4 is 5.73 Å². The van der Waals surface area contributed by atoms with E-state index >= 15 is 0 Å². The summed E-state index contributed by atoms with van der Waals surface area (Å²) in [5, 5.41) is 0. The van der Waals surface area contributed by atoms with Gasteiger partial charge in [0, 0.05) is 12.6 Å². The molecule has 0 heterocycles. The average molecular weight is 245 g/mol. The van der Waals surface area contributed by atoms with Gasteiger partial charge in [-0.1, -0.05) is 34.6 Å². The lowest BCUT2D eigenvalue weighted by Crippen LogP contribution is -2.37. The molecule has 0 saturated carbocycles. The Morgan fingerprint density at radius 2 is 1.82 bits per heavy atom. The molecule has 0 aliphatic heterocycles. The van der Waals surface area contributed by atoms with E-state index in [2.05, 4.69) is 13.8 Å². The van der Waals surface area contributed by atoms with Gasteiger partial charge in [0.1, 0.15) is 6.61 Å². The first-order valence-corrected chi connectivity index (χ1v) is 6.22. The molecule has 1 unspecified atom stereocenters. The lowest BCUT2D eigenvalue weighted by molar-refractivity contribution is -0.146. The summed E-state index contributed by atoms with van der Waals surface area (Å²) in [5.74, 6) is 0.251. The largest absolute Gasteiger partial charge is 0.463 e. The van der Waals surface area contributed by atoms with E-state index < -0.39 is 0 Å². The van der Waals surface area contributed by atoms with Gasteiger partial charge in [0.2, 0.25) is 0 Å². The van der Waals surface area contributed by atoms with Gasteiger partial charge in [0.05, 0.1) is 13.0 Å². The van der Waals surface area contributed by atoms with Gasteiger partial charge in [0.15, 0.2) is 0 Å². The predicted molar refractivity (Wildman–Crippen MR) is 68.7 cm³/mol. The topological polar surface area (TPSA) is 61.5 Å². The molecule has 0 saturated heterocycles. The molecular formula is C13H27NO3. The van der Waals surface area contributed by atoms with Crippen molar-refractivity contribution in [3.05, 3.63) is 0 Å². The Morgan fingerprint density at radius 1 is 1.24 bits per heavy atom. The van der Waals surface area contributed by atoms with E-state index in [1.165, 1.54) is 0 Å². The molecular weight excluding hydrogens is 218 g/mol. The summed E-state index contributed by atoms with van der Waals surface area (Å²) in [6, 6.07) is -0.174. The van der Waals surface area contributed by atoms with Gasteiger partial charge in [-0.2, -0.15) is 0 Å². The molecule has 0 bridgehead atoms. The summed E-state index contributed by atoms with van der Waals surface area (Å²) in [6.07, 6.45) is 0.258. The third kappa shape index (κ3) is 9.12. The van der Waals surface area contributed by atoms with Crippen molar-refractivity contribution in [2.45, 2.75) is 47.1 Å². The van der Waals surface area contributed by atoms with E-state index in [9.17, 15) is 4.79 Å². The van der Waals surface area contributed by atoms with Crippen LogP contribution in [0.25, 0.3) is 0 Å². The molecule has 0 spiro atoms. The highest BCUT2D eigenvalue weighted by molar-refractivity contribution is 5.70. The van der Waals surface area contributed by atoms with E-state index in [-0.39, 0.29) is 23.8 Å². The van der Waals surface area contributed by atoms with E-state index in [4.69, 9.17) is 15.2 Å². The Morgan fingerprint density at radius 3 is 2.29 bits per heavy atom. The van der Waals surface area contributed by atoms with Gasteiger partial charge in [0.25, 0.3) is 0 Å². The van der Waals surface area contributed by atoms with Crippen LogP contribution in [-0.2, 0) is 14.3 Å². The van der Waals surface area contributed by atoms with Crippen LogP contribution in [0.1, 0.15) is 41.0 Å². The fourth-order valence-electron chi connectivity index (χ4n) is 1.08. The van der Waals surface area contributed by atoms with Crippen molar-refractivity contribution in [3.63, 3.8) is 0 Å². The van der Waals surface area contributed by atoms with Crippen LogP contribution in [-0.4, -0.2) is 31.8 Å². The predicted octanol–water partition coefficient (Wildman–Crippen LogP) is 1.97. The SMILES string of the molecule is CC(C)COCCOC(=O)CC(N)C(C)(C)C. The molecule has 0 aliphatic rings. The zero-order chi connectivity index (χ0) is 13.5. The van der Waals surface area contributed by atoms with Crippen LogP contribution in [0.5, 0.6) is 0 Å². The van der Waals surface area contributed by atoms with Crippen molar-refractivity contribution >= 4 is 5.97 Å². The van der Waals surface area contributed by atoms with Gasteiger partial charge in [-0.25, -0.2) is 0 Å². The second-order valence-corrected chi connectivity index (χ2v) is 5.87. The molecule has 0 aromatic rings. The molecule has 0 aliphatic carbocycles. The monoisotopic (exact) mass is 245 g/mol. The second kappa shape index (κ2) is 7.67. The van der Waals surface area contributed by atoms with Crippen molar-refractivity contribution in [1.29, 1.82) is 0 Å². The standard InChI is InChI=1S/C13H27NO3/c1-10(2)9-16-6-7-17-12(15)8-11(14)13(3,4)5/h10-11H,6-9,14H2,1-5H3. The van der Waals surface area contributed by atoms with Gasteiger partial charge in [-0.3, -0.25) is 4.79 Å². The average Bonchev–Trinajstić information content (AvgIpc) is 2.15. The van der Waals surface area contributed by atoms with Crippen LogP contribution in [0.4, 0.5) is 0 Å². The molecule has 0 fully saturated rings. The highest BCUT2D eigenvalue weighted by Gasteiger charge is 2.23. The van der Waals surface area contributed by atoms with Crippen molar-refractivity contribution in [3.8, 4) is 0 Å². The number of ether oxygens (including phenoxy) is 2. The first-order valence-electron chi connectivity index (χ1n) is 6.22. The Hall–Kier alpha value is -0.610. The number of nitrogens with two attached hydrogens (primary N) is 1. The number of carbonyl (C=O) groups excluding carboxylic acids is 1. The van der Waals surface area contributed by atoms with Crippen LogP contribution in [0, 0.1) is 11.3 Å². The van der Waals surface area contributed by atoms with Crippen molar-refractivity contribution in [2.75, 3.05) is 19.8 Å². The molecule has 0 amide bonds. The zero-order valence-corrected chi connectivity index (χ0v) is 11.8. The second-order valence-electron chi connectivity index (χ2n) is 5.87. The normalized spacial score (nSPS) is 13.8. The highest BCUT2D eigenvalue weighted by atomic mass is 16.6. The van der Waals surface area contributed by atoms with E-state index in [0.29, 0.717) is 25.7 Å². The van der Waals surface area contributed by atoms with Crippen molar-refractivity contribution < 1.29 is 14.3 Å². The molecule has 0 radical (unpaired) electrons. The van der Waals surface area contributed by atoms with Crippen LogP contribution >= 0.6 is 0 Å². The quantitative estimate of drug-likeness (QED) is 0.550. The highest BCUT2D eigenvalue weighted by Crippen LogP contribution is 2.19. The summed E-state index contributed by atoms with van der Waals surface area (Å²) in [4.78, 5) is 11.4. The number of esters is 1. The molecule has 2 N–H and O–H groups in total. The smallest absolute Gasteiger partial charge is 0.307 e. The van der Waals surface area contributed by atoms with Crippen LogP contribution in [0.2, 0.25) is 0 Å². The van der Waals surface area contributed by atoms with Crippen molar-refractivity contribution in [2.24, 2.45) is 17.1 Å². The molecule has 0 rings (SSSR count). The molecule has 102 valence electrons. The van der Waals surface area contributed by atoms with Gasteiger partial charge in [-0.15, -0.1) is 0 Å². The summed E-state index contributed by atoms with van der Waals surface area (Å²) in [7, 11) is 0. The number of hydrogen-bond acceptors (Lipinski definition) is 4. The van der Waals surface area contributed by atoms with E-state index in [1.807, 2.05) is 20.8 Å². The van der Waals surface area contributed by atoms with Crippen molar-refractivity contribution in [1.82, 2.24) is 0 Å². The third-order valence-electron chi connectivity index (χ3n) is 2.44. The molecule has 0 aromatic carbocycles. The Balaban J connectivity index is 3.60. The van der Waals surface area contributed by atoms with E-state index in [1.54, 1.807) is 0 Å². The summed E-state index contributed by atoms with van der Waals surface area (Å²) in [5.41, 5.74) is 5.81. The fraction of sp³-hybridized carbons (Fsp3) is 0.923. The zero-order valence-electron chi connectivity index (χ0n) is 11.8. The summed E-state index contributed by atoms with van der Waals surface area (Å²) >= 11 is 0.